The Kier molecular flexibility index (Phi) is 8.25. The van der Waals surface area contributed by atoms with Gasteiger partial charge in [0.2, 0.25) is 5.95 Å². The Morgan fingerprint density at radius 1 is 1.26 bits per heavy atom. The van der Waals surface area contributed by atoms with Crippen LogP contribution in [0.25, 0.3) is 11.3 Å². The summed E-state index contributed by atoms with van der Waals surface area (Å²) in [5, 5.41) is 13.6. The van der Waals surface area contributed by atoms with Crippen LogP contribution in [0.15, 0.2) is 64.5 Å². The summed E-state index contributed by atoms with van der Waals surface area (Å²) in [6.07, 6.45) is 5.20. The van der Waals surface area contributed by atoms with Crippen molar-refractivity contribution in [3.63, 3.8) is 0 Å². The molecule has 1 aliphatic heterocycles. The maximum atomic E-state index is 12.4. The first-order valence-corrected chi connectivity index (χ1v) is 12.0. The Hall–Kier alpha value is -3.96. The van der Waals surface area contributed by atoms with Crippen LogP contribution in [-0.2, 0) is 0 Å². The number of hydrogen-bond donors (Lipinski definition) is 2. The third kappa shape index (κ3) is 6.55. The molecule has 1 unspecified atom stereocenters. The Morgan fingerprint density at radius 2 is 2.06 bits per heavy atom. The number of hydrazone groups is 1. The van der Waals surface area contributed by atoms with Gasteiger partial charge in [-0.3, -0.25) is 9.78 Å². The highest BCUT2D eigenvalue weighted by Gasteiger charge is 2.15. The number of ether oxygens (including phenoxy) is 1. The standard InChI is InChI=1S/C27H30N6O2/c1-20-9-7-14-33(19-20)15-8-16-35-24-13-6-5-12-22(24)18-29-32-27-30-25(21-10-3-2-4-11-21)23(17-28)26(34)31-27/h2-6,10-13,18,20H,7-9,14-16,19H2,1H3,(H2,30,31,32,34). The zero-order valence-corrected chi connectivity index (χ0v) is 19.9. The number of benzene rings is 2. The van der Waals surface area contributed by atoms with Crippen molar-refractivity contribution in [2.45, 2.75) is 26.2 Å². The van der Waals surface area contributed by atoms with Crippen LogP contribution in [0.5, 0.6) is 5.75 Å². The molecule has 0 aliphatic carbocycles. The molecular formula is C27H30N6O2. The van der Waals surface area contributed by atoms with Gasteiger partial charge in [-0.1, -0.05) is 49.4 Å². The number of likely N-dealkylation sites (tertiary alicyclic amines) is 1. The molecular weight excluding hydrogens is 440 g/mol. The number of hydrogen-bond acceptors (Lipinski definition) is 7. The molecule has 3 aromatic rings. The summed E-state index contributed by atoms with van der Waals surface area (Å²) < 4.78 is 6.03. The number of nitrogens with zero attached hydrogens (tertiary/aromatic N) is 4. The molecule has 1 atom stereocenters. The number of para-hydroxylation sites is 1. The SMILES string of the molecule is CC1CCCN(CCCOc2ccccc2C=NNc2nc(-c3ccccc3)c(C#N)c(=O)[nH]2)C1. The van der Waals surface area contributed by atoms with E-state index in [1.54, 1.807) is 18.3 Å². The van der Waals surface area contributed by atoms with Crippen LogP contribution in [0.1, 0.15) is 37.3 Å². The van der Waals surface area contributed by atoms with Gasteiger partial charge in [-0.25, -0.2) is 10.4 Å². The molecule has 1 aliphatic rings. The van der Waals surface area contributed by atoms with E-state index in [4.69, 9.17) is 4.74 Å². The van der Waals surface area contributed by atoms with Crippen molar-refractivity contribution in [1.29, 1.82) is 5.26 Å². The lowest BCUT2D eigenvalue weighted by Crippen LogP contribution is -2.35. The topological polar surface area (TPSA) is 106 Å². The van der Waals surface area contributed by atoms with Crippen molar-refractivity contribution in [3.05, 3.63) is 76.1 Å². The number of piperidine rings is 1. The molecule has 2 N–H and O–H groups in total. The van der Waals surface area contributed by atoms with Gasteiger partial charge in [-0.2, -0.15) is 10.4 Å². The molecule has 1 saturated heterocycles. The normalized spacial score (nSPS) is 16.2. The highest BCUT2D eigenvalue weighted by Crippen LogP contribution is 2.20. The van der Waals surface area contributed by atoms with Gasteiger partial charge >= 0.3 is 0 Å². The van der Waals surface area contributed by atoms with Crippen molar-refractivity contribution >= 4 is 12.2 Å². The van der Waals surface area contributed by atoms with Gasteiger partial charge in [0, 0.05) is 24.2 Å². The van der Waals surface area contributed by atoms with Gasteiger partial charge in [0.15, 0.2) is 0 Å². The van der Waals surface area contributed by atoms with Crippen molar-refractivity contribution in [3.8, 4) is 23.1 Å². The molecule has 0 bridgehead atoms. The van der Waals surface area contributed by atoms with Crippen LogP contribution in [0.3, 0.4) is 0 Å². The molecule has 2 aromatic carbocycles. The Balaban J connectivity index is 1.39. The molecule has 8 heteroatoms. The predicted octanol–water partition coefficient (Wildman–Crippen LogP) is 4.26. The quantitative estimate of drug-likeness (QED) is 0.275. The lowest BCUT2D eigenvalue weighted by molar-refractivity contribution is 0.170. The molecule has 0 radical (unpaired) electrons. The van der Waals surface area contributed by atoms with Crippen LogP contribution in [-0.4, -0.2) is 47.3 Å². The number of aromatic nitrogens is 2. The molecule has 35 heavy (non-hydrogen) atoms. The van der Waals surface area contributed by atoms with Crippen LogP contribution < -0.4 is 15.7 Å². The summed E-state index contributed by atoms with van der Waals surface area (Å²) >= 11 is 0. The van der Waals surface area contributed by atoms with Crippen molar-refractivity contribution in [2.75, 3.05) is 31.7 Å². The Labute approximate surface area is 205 Å². The zero-order valence-electron chi connectivity index (χ0n) is 19.9. The lowest BCUT2D eigenvalue weighted by atomic mass is 10.0. The first-order chi connectivity index (χ1) is 17.1. The van der Waals surface area contributed by atoms with E-state index in [2.05, 4.69) is 32.3 Å². The summed E-state index contributed by atoms with van der Waals surface area (Å²) in [6.45, 7) is 6.35. The van der Waals surface area contributed by atoms with E-state index in [9.17, 15) is 10.1 Å². The van der Waals surface area contributed by atoms with Gasteiger partial charge in [0.1, 0.15) is 17.4 Å². The maximum absolute atomic E-state index is 12.4. The predicted molar refractivity (Wildman–Crippen MR) is 138 cm³/mol. The number of H-pyrrole nitrogens is 1. The summed E-state index contributed by atoms with van der Waals surface area (Å²) in [5.41, 5.74) is 4.01. The largest absolute Gasteiger partial charge is 0.493 e. The highest BCUT2D eigenvalue weighted by molar-refractivity contribution is 5.83. The summed E-state index contributed by atoms with van der Waals surface area (Å²) in [4.78, 5) is 21.9. The lowest BCUT2D eigenvalue weighted by Gasteiger charge is -2.30. The molecule has 2 heterocycles. The van der Waals surface area contributed by atoms with E-state index in [-0.39, 0.29) is 11.5 Å². The zero-order chi connectivity index (χ0) is 24.5. The number of aromatic amines is 1. The second kappa shape index (κ2) is 12.0. The molecule has 4 rings (SSSR count). The summed E-state index contributed by atoms with van der Waals surface area (Å²) in [5.74, 6) is 1.67. The number of nitrogens with one attached hydrogen (secondary N) is 2. The fourth-order valence-electron chi connectivity index (χ4n) is 4.28. The summed E-state index contributed by atoms with van der Waals surface area (Å²) in [7, 11) is 0. The van der Waals surface area contributed by atoms with Crippen molar-refractivity contribution < 1.29 is 4.74 Å². The minimum atomic E-state index is -0.522. The number of anilines is 1. The van der Waals surface area contributed by atoms with Gasteiger partial charge in [0.25, 0.3) is 5.56 Å². The number of rotatable bonds is 9. The Morgan fingerprint density at radius 3 is 2.86 bits per heavy atom. The van der Waals surface area contributed by atoms with E-state index >= 15 is 0 Å². The minimum Gasteiger partial charge on any atom is -0.493 e. The smallest absolute Gasteiger partial charge is 0.270 e. The maximum Gasteiger partial charge on any atom is 0.270 e. The number of nitriles is 1. The Bertz CT molecular complexity index is 1250. The van der Waals surface area contributed by atoms with Gasteiger partial charge in [-0.15, -0.1) is 0 Å². The fourth-order valence-corrected chi connectivity index (χ4v) is 4.28. The van der Waals surface area contributed by atoms with Gasteiger partial charge < -0.3 is 9.64 Å². The van der Waals surface area contributed by atoms with Gasteiger partial charge in [-0.05, 0) is 43.9 Å². The van der Waals surface area contributed by atoms with Crippen LogP contribution >= 0.6 is 0 Å². The van der Waals surface area contributed by atoms with Crippen molar-refractivity contribution in [2.24, 2.45) is 11.0 Å². The molecule has 1 aromatic heterocycles. The third-order valence-electron chi connectivity index (χ3n) is 5.99. The second-order valence-electron chi connectivity index (χ2n) is 8.77. The van der Waals surface area contributed by atoms with E-state index in [0.29, 0.717) is 17.9 Å². The van der Waals surface area contributed by atoms with E-state index in [1.165, 1.54) is 25.9 Å². The molecule has 0 saturated carbocycles. The monoisotopic (exact) mass is 470 g/mol. The first-order valence-electron chi connectivity index (χ1n) is 12.0. The van der Waals surface area contributed by atoms with E-state index < -0.39 is 5.56 Å². The van der Waals surface area contributed by atoms with Crippen molar-refractivity contribution in [1.82, 2.24) is 14.9 Å². The van der Waals surface area contributed by atoms with Crippen LogP contribution in [0.4, 0.5) is 5.95 Å². The van der Waals surface area contributed by atoms with Crippen LogP contribution in [0, 0.1) is 17.2 Å². The molecule has 0 spiro atoms. The van der Waals surface area contributed by atoms with E-state index in [1.807, 2.05) is 48.5 Å². The molecule has 1 fully saturated rings. The average molecular weight is 471 g/mol. The average Bonchev–Trinajstić information content (AvgIpc) is 2.88. The molecule has 0 amide bonds. The van der Waals surface area contributed by atoms with E-state index in [0.717, 1.165) is 30.2 Å². The van der Waals surface area contributed by atoms with Gasteiger partial charge in [0.05, 0.1) is 18.5 Å². The fraction of sp³-hybridized carbons (Fsp3) is 0.333. The second-order valence-corrected chi connectivity index (χ2v) is 8.77. The third-order valence-corrected chi connectivity index (χ3v) is 5.99. The molecule has 8 nitrogen and oxygen atoms in total. The first kappa shape index (κ1) is 24.2. The van der Waals surface area contributed by atoms with Crippen LogP contribution in [0.2, 0.25) is 0 Å². The minimum absolute atomic E-state index is 0.0384. The highest BCUT2D eigenvalue weighted by atomic mass is 16.5. The summed E-state index contributed by atoms with van der Waals surface area (Å²) in [6, 6.07) is 18.7. The molecule has 180 valence electrons.